The van der Waals surface area contributed by atoms with E-state index in [4.69, 9.17) is 9.47 Å². The van der Waals surface area contributed by atoms with Gasteiger partial charge in [0.25, 0.3) is 0 Å². The molecule has 7 heteroatoms. The largest absolute Gasteiger partial charge is 0.390 e. The third-order valence-corrected chi connectivity index (χ3v) is 3.89. The molecule has 0 saturated carbocycles. The minimum atomic E-state index is -0.0268. The quantitative estimate of drug-likeness (QED) is 0.709. The van der Waals surface area contributed by atoms with Crippen LogP contribution in [-0.4, -0.2) is 55.0 Å². The topological polar surface area (TPSA) is 59.2 Å². The van der Waals surface area contributed by atoms with Crippen LogP contribution in [0.2, 0.25) is 0 Å². The van der Waals surface area contributed by atoms with Crippen molar-refractivity contribution in [3.05, 3.63) is 17.3 Å². The van der Waals surface area contributed by atoms with Crippen molar-refractivity contribution in [2.24, 2.45) is 0 Å². The normalized spacial score (nSPS) is 11.3. The first kappa shape index (κ1) is 15.2. The van der Waals surface area contributed by atoms with Crippen molar-refractivity contribution < 1.29 is 14.6 Å². The van der Waals surface area contributed by atoms with Gasteiger partial charge in [0.05, 0.1) is 18.9 Å². The molecule has 0 aliphatic carbocycles. The molecule has 20 heavy (non-hydrogen) atoms. The van der Waals surface area contributed by atoms with Crippen molar-refractivity contribution >= 4 is 22.1 Å². The molecule has 0 atom stereocenters. The van der Waals surface area contributed by atoms with Gasteiger partial charge in [-0.3, -0.25) is 4.40 Å². The average Bonchev–Trinajstić information content (AvgIpc) is 3.02. The number of aliphatic hydroxyl groups excluding tert-OH is 1. The molecule has 0 aliphatic heterocycles. The zero-order chi connectivity index (χ0) is 14.4. The Hall–Kier alpha value is -1.15. The molecule has 0 amide bonds. The number of hydrogen-bond acceptors (Lipinski definition) is 6. The van der Waals surface area contributed by atoms with Gasteiger partial charge in [-0.2, -0.15) is 0 Å². The van der Waals surface area contributed by atoms with E-state index in [1.807, 2.05) is 16.0 Å². The van der Waals surface area contributed by atoms with Crippen molar-refractivity contribution in [3.8, 4) is 0 Å². The summed E-state index contributed by atoms with van der Waals surface area (Å²) in [7, 11) is 3.39. The van der Waals surface area contributed by atoms with Gasteiger partial charge in [0.2, 0.25) is 0 Å². The van der Waals surface area contributed by atoms with Crippen molar-refractivity contribution in [3.63, 3.8) is 0 Å². The minimum Gasteiger partial charge on any atom is -0.390 e. The SMILES string of the molecule is COCCCN(CCOC)c1nc2sccn2c1CO. The average molecular weight is 299 g/mol. The van der Waals surface area contributed by atoms with E-state index in [-0.39, 0.29) is 6.61 Å². The Kier molecular flexibility index (Phi) is 5.78. The van der Waals surface area contributed by atoms with Gasteiger partial charge in [-0.15, -0.1) is 11.3 Å². The summed E-state index contributed by atoms with van der Waals surface area (Å²) in [6.07, 6.45) is 2.85. The zero-order valence-corrected chi connectivity index (χ0v) is 12.7. The first-order chi connectivity index (χ1) is 9.81. The molecule has 0 unspecified atom stereocenters. The van der Waals surface area contributed by atoms with E-state index in [0.29, 0.717) is 13.2 Å². The first-order valence-electron chi connectivity index (χ1n) is 6.60. The summed E-state index contributed by atoms with van der Waals surface area (Å²) in [5.41, 5.74) is 0.828. The summed E-state index contributed by atoms with van der Waals surface area (Å²) in [6, 6.07) is 0. The number of rotatable bonds is 9. The van der Waals surface area contributed by atoms with E-state index in [9.17, 15) is 5.11 Å². The summed E-state index contributed by atoms with van der Waals surface area (Å²) < 4.78 is 12.2. The summed E-state index contributed by atoms with van der Waals surface area (Å²) in [5.74, 6) is 0.840. The van der Waals surface area contributed by atoms with Gasteiger partial charge in [-0.1, -0.05) is 0 Å². The van der Waals surface area contributed by atoms with Gasteiger partial charge in [-0.05, 0) is 6.42 Å². The van der Waals surface area contributed by atoms with Crippen molar-refractivity contribution in [2.75, 3.05) is 45.4 Å². The molecule has 2 aromatic rings. The monoisotopic (exact) mass is 299 g/mol. The van der Waals surface area contributed by atoms with Crippen LogP contribution in [0.5, 0.6) is 0 Å². The number of aliphatic hydroxyl groups is 1. The molecule has 0 fully saturated rings. The number of fused-ring (bicyclic) bond motifs is 1. The Morgan fingerprint density at radius 1 is 1.30 bits per heavy atom. The van der Waals surface area contributed by atoms with E-state index in [2.05, 4.69) is 9.88 Å². The lowest BCUT2D eigenvalue weighted by molar-refractivity contribution is 0.190. The number of imidazole rings is 1. The molecule has 0 aliphatic rings. The lowest BCUT2D eigenvalue weighted by atomic mass is 10.3. The van der Waals surface area contributed by atoms with Crippen LogP contribution in [0.25, 0.3) is 4.96 Å². The molecular formula is C13H21N3O3S. The van der Waals surface area contributed by atoms with E-state index in [1.54, 1.807) is 25.6 Å². The van der Waals surface area contributed by atoms with Crippen LogP contribution in [0.1, 0.15) is 12.1 Å². The molecule has 112 valence electrons. The molecular weight excluding hydrogens is 278 g/mol. The standard InChI is InChI=1S/C13H21N3O3S/c1-18-7-3-4-15(5-8-19-2)12-11(10-17)16-6-9-20-13(16)14-12/h6,9,17H,3-5,7-8,10H2,1-2H3. The van der Waals surface area contributed by atoms with Crippen LogP contribution in [0.15, 0.2) is 11.6 Å². The molecule has 0 bridgehead atoms. The van der Waals surface area contributed by atoms with Crippen LogP contribution in [-0.2, 0) is 16.1 Å². The Morgan fingerprint density at radius 2 is 2.10 bits per heavy atom. The second-order valence-electron chi connectivity index (χ2n) is 4.42. The Labute approximate surface area is 122 Å². The molecule has 6 nitrogen and oxygen atoms in total. The maximum atomic E-state index is 9.63. The minimum absolute atomic E-state index is 0.0268. The molecule has 0 saturated heterocycles. The molecule has 2 aromatic heterocycles. The molecule has 0 spiro atoms. The van der Waals surface area contributed by atoms with Crippen LogP contribution >= 0.6 is 11.3 Å². The number of thiazole rings is 1. The highest BCUT2D eigenvalue weighted by Crippen LogP contribution is 2.24. The third kappa shape index (κ3) is 3.29. The maximum Gasteiger partial charge on any atom is 0.195 e. The fraction of sp³-hybridized carbons (Fsp3) is 0.615. The highest BCUT2D eigenvalue weighted by Gasteiger charge is 2.18. The first-order valence-corrected chi connectivity index (χ1v) is 7.48. The Morgan fingerprint density at radius 3 is 2.80 bits per heavy atom. The van der Waals surface area contributed by atoms with Crippen LogP contribution in [0.3, 0.4) is 0 Å². The van der Waals surface area contributed by atoms with Gasteiger partial charge in [0.1, 0.15) is 0 Å². The molecule has 2 heterocycles. The lowest BCUT2D eigenvalue weighted by Crippen LogP contribution is -2.30. The van der Waals surface area contributed by atoms with Crippen LogP contribution < -0.4 is 4.90 Å². The lowest BCUT2D eigenvalue weighted by Gasteiger charge is -2.23. The smallest absolute Gasteiger partial charge is 0.195 e. The summed E-state index contributed by atoms with van der Waals surface area (Å²) in [4.78, 5) is 7.67. The molecule has 0 radical (unpaired) electrons. The summed E-state index contributed by atoms with van der Waals surface area (Å²) in [6.45, 7) is 2.89. The van der Waals surface area contributed by atoms with Crippen molar-refractivity contribution in [1.82, 2.24) is 9.38 Å². The second kappa shape index (κ2) is 7.58. The van der Waals surface area contributed by atoms with E-state index in [0.717, 1.165) is 36.0 Å². The van der Waals surface area contributed by atoms with Gasteiger partial charge in [0.15, 0.2) is 10.8 Å². The van der Waals surface area contributed by atoms with Crippen molar-refractivity contribution in [2.45, 2.75) is 13.0 Å². The predicted octanol–water partition coefficient (Wildman–Crippen LogP) is 1.38. The molecule has 0 aromatic carbocycles. The van der Waals surface area contributed by atoms with E-state index in [1.165, 1.54) is 0 Å². The summed E-state index contributed by atoms with van der Waals surface area (Å²) >= 11 is 1.57. The van der Waals surface area contributed by atoms with Gasteiger partial charge < -0.3 is 19.5 Å². The summed E-state index contributed by atoms with van der Waals surface area (Å²) in [5, 5.41) is 11.6. The number of methoxy groups -OCH3 is 2. The second-order valence-corrected chi connectivity index (χ2v) is 5.30. The van der Waals surface area contributed by atoms with Crippen molar-refractivity contribution in [1.29, 1.82) is 0 Å². The Balaban J connectivity index is 2.21. The highest BCUT2D eigenvalue weighted by molar-refractivity contribution is 7.15. The van der Waals surface area contributed by atoms with Gasteiger partial charge >= 0.3 is 0 Å². The Bertz CT molecular complexity index is 526. The maximum absolute atomic E-state index is 9.63. The fourth-order valence-corrected chi connectivity index (χ4v) is 2.87. The van der Waals surface area contributed by atoms with Crippen LogP contribution in [0, 0.1) is 0 Å². The van der Waals surface area contributed by atoms with Crippen LogP contribution in [0.4, 0.5) is 5.82 Å². The van der Waals surface area contributed by atoms with Gasteiger partial charge in [0, 0.05) is 45.5 Å². The number of hydrogen-bond donors (Lipinski definition) is 1. The number of anilines is 1. The van der Waals surface area contributed by atoms with E-state index >= 15 is 0 Å². The number of aromatic nitrogens is 2. The number of ether oxygens (including phenoxy) is 2. The predicted molar refractivity (Wildman–Crippen MR) is 79.6 cm³/mol. The highest BCUT2D eigenvalue weighted by atomic mass is 32.1. The number of nitrogens with zero attached hydrogens (tertiary/aromatic N) is 3. The fourth-order valence-electron chi connectivity index (χ4n) is 2.15. The van der Waals surface area contributed by atoms with E-state index < -0.39 is 0 Å². The zero-order valence-electron chi connectivity index (χ0n) is 11.9. The van der Waals surface area contributed by atoms with Gasteiger partial charge in [-0.25, -0.2) is 4.98 Å². The molecule has 2 rings (SSSR count). The third-order valence-electron chi connectivity index (χ3n) is 3.13. The molecule has 1 N–H and O–H groups in total.